The van der Waals surface area contributed by atoms with Gasteiger partial charge in [-0.15, -0.1) is 0 Å². The van der Waals surface area contributed by atoms with Gasteiger partial charge >= 0.3 is 5.97 Å². The number of esters is 1. The minimum atomic E-state index is -1.91. The Hall–Kier alpha value is -2.90. The number of hydrogen-bond donors (Lipinski definition) is 1. The zero-order valence-electron chi connectivity index (χ0n) is 16.3. The molecule has 3 rings (SSSR count). The maximum Gasteiger partial charge on any atom is 0.310 e. The smallest absolute Gasteiger partial charge is 0.310 e. The van der Waals surface area contributed by atoms with Crippen LogP contribution in [0.3, 0.4) is 0 Å². The van der Waals surface area contributed by atoms with Gasteiger partial charge in [-0.3, -0.25) is 4.79 Å². The SMILES string of the molecule is CC1(C)[C@H](C=C(F)F)[C@H]1C(=O)OCc1c(F)c(F)cc(F)c1NCc1ccccc1. The van der Waals surface area contributed by atoms with Gasteiger partial charge in [0.15, 0.2) is 11.6 Å². The Balaban J connectivity index is 1.76. The van der Waals surface area contributed by atoms with E-state index in [9.17, 15) is 26.7 Å². The topological polar surface area (TPSA) is 38.3 Å². The number of hydrogen-bond acceptors (Lipinski definition) is 3. The Bertz CT molecular complexity index is 971. The third kappa shape index (κ3) is 4.47. The van der Waals surface area contributed by atoms with Crippen LogP contribution in [0.15, 0.2) is 48.6 Å². The van der Waals surface area contributed by atoms with E-state index in [4.69, 9.17) is 4.74 Å². The predicted octanol–water partition coefficient (Wildman–Crippen LogP) is 5.81. The fourth-order valence-corrected chi connectivity index (χ4v) is 3.57. The van der Waals surface area contributed by atoms with E-state index in [1.54, 1.807) is 44.2 Å². The van der Waals surface area contributed by atoms with Crippen molar-refractivity contribution < 1.29 is 31.5 Å². The highest BCUT2D eigenvalue weighted by Crippen LogP contribution is 2.60. The Morgan fingerprint density at radius 2 is 1.80 bits per heavy atom. The molecular weight excluding hydrogens is 405 g/mol. The highest BCUT2D eigenvalue weighted by atomic mass is 19.3. The minimum absolute atomic E-state index is 0.127. The summed E-state index contributed by atoms with van der Waals surface area (Å²) in [6, 6.07) is 9.26. The van der Waals surface area contributed by atoms with E-state index < -0.39 is 58.9 Å². The van der Waals surface area contributed by atoms with Crippen molar-refractivity contribution in [1.29, 1.82) is 0 Å². The lowest BCUT2D eigenvalue weighted by Crippen LogP contribution is -2.14. The Morgan fingerprint density at radius 1 is 1.13 bits per heavy atom. The molecule has 1 fully saturated rings. The van der Waals surface area contributed by atoms with Crippen LogP contribution in [0.1, 0.15) is 25.0 Å². The van der Waals surface area contributed by atoms with Crippen LogP contribution in [0, 0.1) is 34.7 Å². The highest BCUT2D eigenvalue weighted by Gasteiger charge is 2.62. The number of benzene rings is 2. The number of halogens is 5. The lowest BCUT2D eigenvalue weighted by Gasteiger charge is -2.15. The first-order chi connectivity index (χ1) is 14.1. The summed E-state index contributed by atoms with van der Waals surface area (Å²) in [6.07, 6.45) is -1.23. The number of carbonyl (C=O) groups is 1. The molecule has 8 heteroatoms. The molecule has 0 radical (unpaired) electrons. The maximum absolute atomic E-state index is 14.4. The molecule has 0 aromatic heterocycles. The van der Waals surface area contributed by atoms with Crippen molar-refractivity contribution in [2.45, 2.75) is 27.0 Å². The van der Waals surface area contributed by atoms with Gasteiger partial charge in [-0.25, -0.2) is 13.2 Å². The summed E-state index contributed by atoms with van der Waals surface area (Å²) in [7, 11) is 0. The lowest BCUT2D eigenvalue weighted by molar-refractivity contribution is -0.147. The third-order valence-corrected chi connectivity index (χ3v) is 5.41. The van der Waals surface area contributed by atoms with Crippen LogP contribution in [-0.4, -0.2) is 5.97 Å². The average Bonchev–Trinajstić information content (AvgIpc) is 3.22. The number of anilines is 1. The van der Waals surface area contributed by atoms with Crippen molar-refractivity contribution in [3.8, 4) is 0 Å². The number of carbonyl (C=O) groups excluding carboxylic acids is 1. The van der Waals surface area contributed by atoms with Crippen LogP contribution >= 0.6 is 0 Å². The molecular formula is C22H20F5NO2. The summed E-state index contributed by atoms with van der Waals surface area (Å²) in [6.45, 7) is 2.64. The van der Waals surface area contributed by atoms with Gasteiger partial charge in [-0.1, -0.05) is 44.2 Å². The molecule has 0 saturated heterocycles. The van der Waals surface area contributed by atoms with E-state index in [2.05, 4.69) is 5.32 Å². The first kappa shape index (κ1) is 21.8. The van der Waals surface area contributed by atoms with Crippen molar-refractivity contribution in [3.05, 3.63) is 77.1 Å². The summed E-state index contributed by atoms with van der Waals surface area (Å²) in [4.78, 5) is 12.3. The Kier molecular flexibility index (Phi) is 6.14. The molecule has 0 aliphatic heterocycles. The second-order valence-corrected chi connectivity index (χ2v) is 7.74. The average molecular weight is 425 g/mol. The first-order valence-corrected chi connectivity index (χ1v) is 9.26. The van der Waals surface area contributed by atoms with Crippen LogP contribution in [-0.2, 0) is 22.7 Å². The predicted molar refractivity (Wildman–Crippen MR) is 101 cm³/mol. The zero-order valence-corrected chi connectivity index (χ0v) is 16.3. The van der Waals surface area contributed by atoms with Gasteiger partial charge in [-0.2, -0.15) is 8.78 Å². The monoisotopic (exact) mass is 425 g/mol. The van der Waals surface area contributed by atoms with Crippen LogP contribution in [0.2, 0.25) is 0 Å². The van der Waals surface area contributed by atoms with Gasteiger partial charge in [0.2, 0.25) is 0 Å². The molecule has 1 aliphatic carbocycles. The number of allylic oxidation sites excluding steroid dienone is 1. The molecule has 2 aromatic rings. The standard InChI is InChI=1S/C22H20F5NO2/c1-22(2)14(8-17(25)26)18(22)21(29)30-11-13-19(27)15(23)9-16(24)20(13)28-10-12-6-4-3-5-7-12/h3-9,14,18,28H,10-11H2,1-2H3/t14-,18+/m1/s1. The van der Waals surface area contributed by atoms with Gasteiger partial charge < -0.3 is 10.1 Å². The van der Waals surface area contributed by atoms with E-state index in [-0.39, 0.29) is 12.2 Å². The molecule has 1 N–H and O–H groups in total. The fraction of sp³-hybridized carbons (Fsp3) is 0.318. The summed E-state index contributed by atoms with van der Waals surface area (Å²) < 4.78 is 72.5. The molecule has 160 valence electrons. The van der Waals surface area contributed by atoms with E-state index in [1.807, 2.05) is 0 Å². The second-order valence-electron chi connectivity index (χ2n) is 7.74. The van der Waals surface area contributed by atoms with Crippen LogP contribution in [0.25, 0.3) is 0 Å². The van der Waals surface area contributed by atoms with Crippen molar-refractivity contribution in [3.63, 3.8) is 0 Å². The summed E-state index contributed by atoms with van der Waals surface area (Å²) in [5.41, 5.74) is -0.793. The van der Waals surface area contributed by atoms with Crippen LogP contribution in [0.5, 0.6) is 0 Å². The third-order valence-electron chi connectivity index (χ3n) is 5.41. The van der Waals surface area contributed by atoms with E-state index in [1.165, 1.54) is 0 Å². The van der Waals surface area contributed by atoms with Crippen molar-refractivity contribution in [2.75, 3.05) is 5.32 Å². The normalized spacial score (nSPS) is 19.2. The summed E-state index contributed by atoms with van der Waals surface area (Å²) >= 11 is 0. The van der Waals surface area contributed by atoms with Crippen molar-refractivity contribution in [1.82, 2.24) is 0 Å². The molecule has 30 heavy (non-hydrogen) atoms. The zero-order chi connectivity index (χ0) is 22.1. The van der Waals surface area contributed by atoms with Gasteiger partial charge in [0.25, 0.3) is 6.08 Å². The van der Waals surface area contributed by atoms with Crippen molar-refractivity contribution >= 4 is 11.7 Å². The van der Waals surface area contributed by atoms with E-state index >= 15 is 0 Å². The molecule has 0 unspecified atom stereocenters. The minimum Gasteiger partial charge on any atom is -0.460 e. The van der Waals surface area contributed by atoms with Gasteiger partial charge in [0.1, 0.15) is 12.4 Å². The van der Waals surface area contributed by atoms with Gasteiger partial charge in [-0.05, 0) is 17.1 Å². The number of rotatable bonds is 7. The Labute approximate surface area is 170 Å². The summed E-state index contributed by atoms with van der Waals surface area (Å²) in [5, 5.41) is 2.70. The molecule has 0 bridgehead atoms. The molecule has 0 spiro atoms. The number of nitrogens with one attached hydrogen (secondary N) is 1. The summed E-state index contributed by atoms with van der Waals surface area (Å²) in [5.74, 6) is -6.21. The largest absolute Gasteiger partial charge is 0.460 e. The molecule has 2 atom stereocenters. The number of ether oxygens (including phenoxy) is 1. The fourth-order valence-electron chi connectivity index (χ4n) is 3.57. The van der Waals surface area contributed by atoms with Crippen molar-refractivity contribution in [2.24, 2.45) is 17.3 Å². The lowest BCUT2D eigenvalue weighted by atomic mass is 10.1. The van der Waals surface area contributed by atoms with E-state index in [0.29, 0.717) is 12.1 Å². The maximum atomic E-state index is 14.4. The Morgan fingerprint density at radius 3 is 2.43 bits per heavy atom. The molecule has 0 amide bonds. The molecule has 1 aliphatic rings. The van der Waals surface area contributed by atoms with Crippen LogP contribution < -0.4 is 5.32 Å². The van der Waals surface area contributed by atoms with Gasteiger partial charge in [0, 0.05) is 18.5 Å². The second kappa shape index (κ2) is 8.45. The highest BCUT2D eigenvalue weighted by molar-refractivity contribution is 5.78. The molecule has 2 aromatic carbocycles. The quantitative estimate of drug-likeness (QED) is 0.346. The van der Waals surface area contributed by atoms with E-state index in [0.717, 1.165) is 5.56 Å². The first-order valence-electron chi connectivity index (χ1n) is 9.26. The molecule has 1 saturated carbocycles. The van der Waals surface area contributed by atoms with Gasteiger partial charge in [0.05, 0.1) is 17.2 Å². The molecule has 3 nitrogen and oxygen atoms in total. The molecule has 0 heterocycles. The van der Waals surface area contributed by atoms with Crippen LogP contribution in [0.4, 0.5) is 27.6 Å².